The minimum absolute atomic E-state index is 0.0205. The van der Waals surface area contributed by atoms with Crippen molar-refractivity contribution in [2.45, 2.75) is 51.5 Å². The third-order valence-corrected chi connectivity index (χ3v) is 11.1. The number of carbonyl (C=O) groups is 2. The van der Waals surface area contributed by atoms with E-state index in [9.17, 15) is 0 Å². The predicted molar refractivity (Wildman–Crippen MR) is 237 cm³/mol. The van der Waals surface area contributed by atoms with Gasteiger partial charge in [-0.15, -0.1) is 0 Å². The van der Waals surface area contributed by atoms with Crippen LogP contribution in [0.15, 0.2) is 182 Å². The predicted octanol–water partition coefficient (Wildman–Crippen LogP) is 8.23. The van der Waals surface area contributed by atoms with Gasteiger partial charge in [0.15, 0.2) is 0 Å². The van der Waals surface area contributed by atoms with Gasteiger partial charge in [0.05, 0.1) is 26.4 Å². The first-order valence-electron chi connectivity index (χ1n) is 21.0. The molecule has 1 fully saturated rings. The standard InChI is InChI=1S/C52H56N4O4/c57-51-49(41-59-39-47-27-15-5-16-28-47)53(35-43-19-7-1-8-20-43)31-32-54(36-44-21-9-2-10-22-44)50(42-60-40-48-29-17-6-18-30-48)52(58)56(38-46-25-13-4-14-26-46)34-33-55(51)37-45-23-11-3-12-24-45/h1-30,49-50H,31-42H2. The van der Waals surface area contributed by atoms with Crippen LogP contribution in [-0.2, 0) is 58.5 Å². The number of carbonyl (C=O) groups excluding carboxylic acids is 2. The molecule has 1 aliphatic heterocycles. The van der Waals surface area contributed by atoms with Crippen LogP contribution in [0.1, 0.15) is 33.4 Å². The molecule has 0 aliphatic carbocycles. The van der Waals surface area contributed by atoms with E-state index in [0.29, 0.717) is 65.6 Å². The molecule has 0 spiro atoms. The summed E-state index contributed by atoms with van der Waals surface area (Å²) in [5.74, 6) is -0.0410. The Morgan fingerprint density at radius 1 is 0.350 bits per heavy atom. The Balaban J connectivity index is 1.29. The second-order valence-electron chi connectivity index (χ2n) is 15.4. The fraction of sp³-hybridized carbons (Fsp3) is 0.269. The molecule has 0 radical (unpaired) electrons. The Morgan fingerprint density at radius 3 is 0.917 bits per heavy atom. The molecule has 60 heavy (non-hydrogen) atoms. The van der Waals surface area contributed by atoms with Crippen LogP contribution in [0.3, 0.4) is 0 Å². The molecule has 6 aromatic carbocycles. The van der Waals surface area contributed by atoms with Crippen LogP contribution in [0.2, 0.25) is 0 Å². The van der Waals surface area contributed by atoms with Crippen LogP contribution in [0.4, 0.5) is 0 Å². The summed E-state index contributed by atoms with van der Waals surface area (Å²) in [6.45, 7) is 4.79. The van der Waals surface area contributed by atoms with Crippen molar-refractivity contribution in [2.75, 3.05) is 39.4 Å². The first kappa shape index (κ1) is 42.2. The van der Waals surface area contributed by atoms with E-state index in [1.54, 1.807) is 0 Å². The third-order valence-electron chi connectivity index (χ3n) is 11.1. The summed E-state index contributed by atoms with van der Waals surface area (Å²) >= 11 is 0. The van der Waals surface area contributed by atoms with Crippen molar-refractivity contribution in [1.82, 2.24) is 19.6 Å². The van der Waals surface area contributed by atoms with E-state index in [-0.39, 0.29) is 25.0 Å². The molecule has 0 saturated carbocycles. The lowest BCUT2D eigenvalue weighted by Gasteiger charge is -2.40. The van der Waals surface area contributed by atoms with E-state index in [1.807, 2.05) is 143 Å². The smallest absolute Gasteiger partial charge is 0.242 e. The third kappa shape index (κ3) is 12.6. The Hall–Kier alpha value is -5.90. The molecule has 2 amide bonds. The summed E-state index contributed by atoms with van der Waals surface area (Å²) in [7, 11) is 0. The van der Waals surface area contributed by atoms with Crippen LogP contribution in [0.25, 0.3) is 0 Å². The lowest BCUT2D eigenvalue weighted by molar-refractivity contribution is -0.147. The van der Waals surface area contributed by atoms with E-state index < -0.39 is 12.1 Å². The Kier molecular flexibility index (Phi) is 15.8. The molecule has 0 aromatic heterocycles. The van der Waals surface area contributed by atoms with Gasteiger partial charge >= 0.3 is 0 Å². The molecule has 1 saturated heterocycles. The molecule has 1 heterocycles. The molecule has 6 aromatic rings. The van der Waals surface area contributed by atoms with E-state index in [4.69, 9.17) is 9.47 Å². The fourth-order valence-electron chi connectivity index (χ4n) is 7.78. The second kappa shape index (κ2) is 22.5. The van der Waals surface area contributed by atoms with Crippen molar-refractivity contribution in [1.29, 1.82) is 0 Å². The molecule has 0 bridgehead atoms. The molecule has 8 nitrogen and oxygen atoms in total. The molecule has 8 heteroatoms. The van der Waals surface area contributed by atoms with E-state index in [0.717, 1.165) is 33.4 Å². The summed E-state index contributed by atoms with van der Waals surface area (Å²) in [6, 6.07) is 59.9. The summed E-state index contributed by atoms with van der Waals surface area (Å²) < 4.78 is 13.0. The largest absolute Gasteiger partial charge is 0.375 e. The molecular formula is C52H56N4O4. The van der Waals surface area contributed by atoms with Crippen LogP contribution in [0, 0.1) is 0 Å². The van der Waals surface area contributed by atoms with Gasteiger partial charge < -0.3 is 19.3 Å². The molecule has 1 aliphatic rings. The molecule has 308 valence electrons. The van der Waals surface area contributed by atoms with Crippen LogP contribution in [0.5, 0.6) is 0 Å². The zero-order valence-corrected chi connectivity index (χ0v) is 34.4. The van der Waals surface area contributed by atoms with Crippen molar-refractivity contribution in [3.05, 3.63) is 215 Å². The van der Waals surface area contributed by atoms with Gasteiger partial charge in [0.2, 0.25) is 11.8 Å². The van der Waals surface area contributed by atoms with E-state index in [1.165, 1.54) is 0 Å². The zero-order valence-electron chi connectivity index (χ0n) is 34.4. The highest BCUT2D eigenvalue weighted by atomic mass is 16.5. The summed E-state index contributed by atoms with van der Waals surface area (Å²) in [5.41, 5.74) is 6.36. The summed E-state index contributed by atoms with van der Waals surface area (Å²) in [6.07, 6.45) is 0. The normalized spacial score (nSPS) is 17.3. The molecule has 0 N–H and O–H groups in total. The Labute approximate surface area is 355 Å². The number of rotatable bonds is 16. The maximum Gasteiger partial charge on any atom is 0.242 e. The van der Waals surface area contributed by atoms with E-state index >= 15 is 9.59 Å². The number of benzene rings is 6. The van der Waals surface area contributed by atoms with Gasteiger partial charge in [0, 0.05) is 52.4 Å². The van der Waals surface area contributed by atoms with Crippen LogP contribution >= 0.6 is 0 Å². The van der Waals surface area contributed by atoms with Gasteiger partial charge in [-0.3, -0.25) is 19.4 Å². The lowest BCUT2D eigenvalue weighted by atomic mass is 10.1. The number of hydrogen-bond donors (Lipinski definition) is 0. The highest BCUT2D eigenvalue weighted by molar-refractivity contribution is 5.83. The maximum atomic E-state index is 15.3. The van der Waals surface area contributed by atoms with Gasteiger partial charge in [0.25, 0.3) is 0 Å². The summed E-state index contributed by atoms with van der Waals surface area (Å²) in [5, 5.41) is 0. The minimum Gasteiger partial charge on any atom is -0.375 e. The highest BCUT2D eigenvalue weighted by Crippen LogP contribution is 2.21. The first-order valence-corrected chi connectivity index (χ1v) is 21.0. The maximum absolute atomic E-state index is 15.3. The number of ether oxygens (including phenoxy) is 2. The monoisotopic (exact) mass is 800 g/mol. The zero-order chi connectivity index (χ0) is 41.2. The second-order valence-corrected chi connectivity index (χ2v) is 15.4. The average molecular weight is 801 g/mol. The van der Waals surface area contributed by atoms with E-state index in [2.05, 4.69) is 58.3 Å². The first-order chi connectivity index (χ1) is 29.6. The van der Waals surface area contributed by atoms with Crippen molar-refractivity contribution in [3.8, 4) is 0 Å². The lowest BCUT2D eigenvalue weighted by Crippen LogP contribution is -2.57. The van der Waals surface area contributed by atoms with Crippen molar-refractivity contribution in [2.24, 2.45) is 0 Å². The quantitative estimate of drug-likeness (QED) is 0.0984. The average Bonchev–Trinajstić information content (AvgIpc) is 3.30. The Morgan fingerprint density at radius 2 is 0.617 bits per heavy atom. The van der Waals surface area contributed by atoms with Crippen molar-refractivity contribution < 1.29 is 19.1 Å². The fourth-order valence-corrected chi connectivity index (χ4v) is 7.78. The highest BCUT2D eigenvalue weighted by Gasteiger charge is 2.36. The molecule has 2 unspecified atom stereocenters. The Bertz CT molecular complexity index is 1990. The number of nitrogens with zero attached hydrogens (tertiary/aromatic N) is 4. The molecule has 7 rings (SSSR count). The summed E-state index contributed by atoms with van der Waals surface area (Å²) in [4.78, 5) is 39.0. The number of hydrogen-bond acceptors (Lipinski definition) is 6. The SMILES string of the molecule is O=C1C(COCc2ccccc2)N(Cc2ccccc2)CCN(Cc2ccccc2)C(COCc2ccccc2)C(=O)N(Cc2ccccc2)CCN1Cc1ccccc1. The molecule has 2 atom stereocenters. The topological polar surface area (TPSA) is 65.6 Å². The minimum atomic E-state index is -0.596. The number of amides is 2. The van der Waals surface area contributed by atoms with Crippen molar-refractivity contribution in [3.63, 3.8) is 0 Å². The van der Waals surface area contributed by atoms with Gasteiger partial charge in [-0.2, -0.15) is 0 Å². The van der Waals surface area contributed by atoms with Crippen LogP contribution < -0.4 is 0 Å². The van der Waals surface area contributed by atoms with Crippen LogP contribution in [-0.4, -0.2) is 82.9 Å². The van der Waals surface area contributed by atoms with Gasteiger partial charge in [-0.1, -0.05) is 182 Å². The molecular weight excluding hydrogens is 745 g/mol. The van der Waals surface area contributed by atoms with Gasteiger partial charge in [0.1, 0.15) is 12.1 Å². The van der Waals surface area contributed by atoms with Gasteiger partial charge in [-0.25, -0.2) is 0 Å². The van der Waals surface area contributed by atoms with Gasteiger partial charge in [-0.05, 0) is 33.4 Å². The van der Waals surface area contributed by atoms with Crippen molar-refractivity contribution >= 4 is 11.8 Å².